The molecule has 0 radical (unpaired) electrons. The molecule has 1 saturated heterocycles. The lowest BCUT2D eigenvalue weighted by molar-refractivity contribution is 0.226. The summed E-state index contributed by atoms with van der Waals surface area (Å²) >= 11 is 0. The molecule has 0 amide bonds. The average Bonchev–Trinajstić information content (AvgIpc) is 2.90. The number of hydrogen-bond acceptors (Lipinski definition) is 3. The molecule has 4 aromatic rings. The van der Waals surface area contributed by atoms with Crippen molar-refractivity contribution in [3.8, 4) is 28.4 Å². The van der Waals surface area contributed by atoms with Gasteiger partial charge in [-0.2, -0.15) is 0 Å². The molecular formula is C31H32FNO2. The van der Waals surface area contributed by atoms with Crippen molar-refractivity contribution in [2.45, 2.75) is 32.1 Å². The van der Waals surface area contributed by atoms with E-state index in [1.807, 2.05) is 48.5 Å². The third kappa shape index (κ3) is 5.66. The van der Waals surface area contributed by atoms with Crippen molar-refractivity contribution >= 4 is 10.8 Å². The first-order valence-electron chi connectivity index (χ1n) is 12.6. The van der Waals surface area contributed by atoms with E-state index in [-0.39, 0.29) is 5.82 Å². The zero-order chi connectivity index (χ0) is 24.0. The van der Waals surface area contributed by atoms with E-state index in [9.17, 15) is 4.39 Å². The molecule has 0 atom stereocenters. The maximum absolute atomic E-state index is 14.0. The molecule has 1 heterocycles. The van der Waals surface area contributed by atoms with Gasteiger partial charge in [0.15, 0.2) is 0 Å². The fraction of sp³-hybridized carbons (Fsp3) is 0.290. The summed E-state index contributed by atoms with van der Waals surface area (Å²) in [7, 11) is 1.66. The number of benzene rings is 4. The van der Waals surface area contributed by atoms with Gasteiger partial charge in [-0.05, 0) is 110 Å². The van der Waals surface area contributed by atoms with Crippen molar-refractivity contribution in [3.05, 3.63) is 90.2 Å². The molecule has 180 valence electrons. The van der Waals surface area contributed by atoms with E-state index >= 15 is 0 Å². The summed E-state index contributed by atoms with van der Waals surface area (Å²) in [6.07, 6.45) is 6.30. The number of ether oxygens (including phenoxy) is 2. The van der Waals surface area contributed by atoms with E-state index < -0.39 is 0 Å². The Morgan fingerprint density at radius 1 is 0.829 bits per heavy atom. The SMILES string of the molecule is COc1ccc2c(Oc3ccc(CCCN4CCCCC4)cc3)c(-c3cccc(F)c3)ccc2c1. The van der Waals surface area contributed by atoms with E-state index in [0.717, 1.165) is 39.8 Å². The zero-order valence-electron chi connectivity index (χ0n) is 20.3. The van der Waals surface area contributed by atoms with Crippen molar-refractivity contribution in [1.82, 2.24) is 4.90 Å². The number of aryl methyl sites for hydroxylation is 1. The lowest BCUT2D eigenvalue weighted by atomic mass is 9.99. The molecule has 5 rings (SSSR count). The second-order valence-corrected chi connectivity index (χ2v) is 9.29. The number of piperidine rings is 1. The second-order valence-electron chi connectivity index (χ2n) is 9.29. The minimum absolute atomic E-state index is 0.266. The molecule has 4 aromatic carbocycles. The average molecular weight is 470 g/mol. The molecule has 3 nitrogen and oxygen atoms in total. The summed E-state index contributed by atoms with van der Waals surface area (Å²) < 4.78 is 25.9. The van der Waals surface area contributed by atoms with Crippen LogP contribution >= 0.6 is 0 Å². The Balaban J connectivity index is 1.38. The van der Waals surface area contributed by atoms with Crippen LogP contribution in [0.25, 0.3) is 21.9 Å². The van der Waals surface area contributed by atoms with Crippen LogP contribution < -0.4 is 9.47 Å². The third-order valence-corrected chi connectivity index (χ3v) is 6.84. The Morgan fingerprint density at radius 3 is 2.40 bits per heavy atom. The lowest BCUT2D eigenvalue weighted by Gasteiger charge is -2.26. The molecule has 0 unspecified atom stereocenters. The molecule has 0 aromatic heterocycles. The van der Waals surface area contributed by atoms with Crippen LogP contribution in [0.1, 0.15) is 31.2 Å². The van der Waals surface area contributed by atoms with Gasteiger partial charge in [0.05, 0.1) is 7.11 Å². The molecule has 35 heavy (non-hydrogen) atoms. The molecule has 0 spiro atoms. The first-order valence-corrected chi connectivity index (χ1v) is 12.6. The molecule has 4 heteroatoms. The van der Waals surface area contributed by atoms with Gasteiger partial charge in [-0.1, -0.05) is 36.8 Å². The van der Waals surface area contributed by atoms with Gasteiger partial charge >= 0.3 is 0 Å². The monoisotopic (exact) mass is 469 g/mol. The van der Waals surface area contributed by atoms with Gasteiger partial charge in [-0.15, -0.1) is 0 Å². The van der Waals surface area contributed by atoms with E-state index in [4.69, 9.17) is 9.47 Å². The van der Waals surface area contributed by atoms with Gasteiger partial charge in [0, 0.05) is 10.9 Å². The first kappa shape index (κ1) is 23.4. The molecule has 1 fully saturated rings. The zero-order valence-corrected chi connectivity index (χ0v) is 20.3. The number of nitrogens with zero attached hydrogens (tertiary/aromatic N) is 1. The fourth-order valence-corrected chi connectivity index (χ4v) is 4.93. The highest BCUT2D eigenvalue weighted by Crippen LogP contribution is 2.40. The molecule has 1 aliphatic rings. The van der Waals surface area contributed by atoms with Gasteiger partial charge in [0.1, 0.15) is 23.1 Å². The van der Waals surface area contributed by atoms with Crippen molar-refractivity contribution in [3.63, 3.8) is 0 Å². The van der Waals surface area contributed by atoms with Crippen LogP contribution in [0.4, 0.5) is 4.39 Å². The summed E-state index contributed by atoms with van der Waals surface area (Å²) in [4.78, 5) is 2.59. The highest BCUT2D eigenvalue weighted by molar-refractivity contribution is 5.96. The van der Waals surface area contributed by atoms with E-state index in [1.54, 1.807) is 19.2 Å². The Hall–Kier alpha value is -3.37. The molecule has 0 N–H and O–H groups in total. The predicted molar refractivity (Wildman–Crippen MR) is 141 cm³/mol. The normalized spacial score (nSPS) is 14.2. The minimum atomic E-state index is -0.266. The lowest BCUT2D eigenvalue weighted by Crippen LogP contribution is -2.30. The fourth-order valence-electron chi connectivity index (χ4n) is 4.93. The maximum atomic E-state index is 14.0. The highest BCUT2D eigenvalue weighted by Gasteiger charge is 2.14. The maximum Gasteiger partial charge on any atom is 0.143 e. The topological polar surface area (TPSA) is 21.7 Å². The molecule has 1 aliphatic heterocycles. The minimum Gasteiger partial charge on any atom is -0.497 e. The van der Waals surface area contributed by atoms with Crippen LogP contribution in [0.15, 0.2) is 78.9 Å². The molecular weight excluding hydrogens is 437 g/mol. The van der Waals surface area contributed by atoms with Crippen molar-refractivity contribution in [1.29, 1.82) is 0 Å². The summed E-state index contributed by atoms with van der Waals surface area (Å²) in [5.74, 6) is 2.01. The van der Waals surface area contributed by atoms with Gasteiger partial charge in [-0.3, -0.25) is 0 Å². The smallest absolute Gasteiger partial charge is 0.143 e. The largest absolute Gasteiger partial charge is 0.497 e. The Bertz CT molecular complexity index is 1280. The van der Waals surface area contributed by atoms with Crippen LogP contribution in [0.5, 0.6) is 17.2 Å². The number of methoxy groups -OCH3 is 1. The van der Waals surface area contributed by atoms with E-state index in [1.165, 1.54) is 56.9 Å². The van der Waals surface area contributed by atoms with Crippen LogP contribution in [0, 0.1) is 5.82 Å². The van der Waals surface area contributed by atoms with Crippen LogP contribution in [0.3, 0.4) is 0 Å². The number of halogens is 1. The highest BCUT2D eigenvalue weighted by atomic mass is 19.1. The van der Waals surface area contributed by atoms with Gasteiger partial charge < -0.3 is 14.4 Å². The number of fused-ring (bicyclic) bond motifs is 1. The van der Waals surface area contributed by atoms with Gasteiger partial charge in [0.2, 0.25) is 0 Å². The summed E-state index contributed by atoms with van der Waals surface area (Å²) in [6.45, 7) is 3.67. The Morgan fingerprint density at radius 2 is 1.63 bits per heavy atom. The van der Waals surface area contributed by atoms with Crippen LogP contribution in [-0.2, 0) is 6.42 Å². The number of rotatable bonds is 8. The van der Waals surface area contributed by atoms with Crippen molar-refractivity contribution in [2.24, 2.45) is 0 Å². The van der Waals surface area contributed by atoms with E-state index in [2.05, 4.69) is 17.0 Å². The molecule has 0 saturated carbocycles. The Kier molecular flexibility index (Phi) is 7.29. The predicted octanol–water partition coefficient (Wildman–Crippen LogP) is 7.87. The van der Waals surface area contributed by atoms with Crippen LogP contribution in [-0.4, -0.2) is 31.6 Å². The summed E-state index contributed by atoms with van der Waals surface area (Å²) in [5.41, 5.74) is 2.96. The number of likely N-dealkylation sites (tertiary alicyclic amines) is 1. The quantitative estimate of drug-likeness (QED) is 0.262. The summed E-state index contributed by atoms with van der Waals surface area (Å²) in [6, 6.07) is 24.9. The van der Waals surface area contributed by atoms with Crippen LogP contribution in [0.2, 0.25) is 0 Å². The first-order chi connectivity index (χ1) is 17.2. The third-order valence-electron chi connectivity index (χ3n) is 6.84. The summed E-state index contributed by atoms with van der Waals surface area (Å²) in [5, 5.41) is 1.96. The second kappa shape index (κ2) is 10.9. The van der Waals surface area contributed by atoms with Crippen molar-refractivity contribution in [2.75, 3.05) is 26.7 Å². The van der Waals surface area contributed by atoms with E-state index in [0.29, 0.717) is 5.75 Å². The standard InChI is InChI=1S/C31H32FNO2/c1-34-28-15-17-30-25(22-28)12-16-29(24-8-5-9-26(32)21-24)31(30)35-27-13-10-23(11-14-27)7-6-20-33-18-3-2-4-19-33/h5,8-17,21-22H,2-4,6-7,18-20H2,1H3. The molecule has 0 bridgehead atoms. The Labute approximate surface area is 207 Å². The van der Waals surface area contributed by atoms with Gasteiger partial charge in [0.25, 0.3) is 0 Å². The molecule has 0 aliphatic carbocycles. The van der Waals surface area contributed by atoms with Crippen molar-refractivity contribution < 1.29 is 13.9 Å². The van der Waals surface area contributed by atoms with Gasteiger partial charge in [-0.25, -0.2) is 4.39 Å². The number of hydrogen-bond donors (Lipinski definition) is 0.